The van der Waals surface area contributed by atoms with Crippen LogP contribution in [0.1, 0.15) is 15.3 Å². The van der Waals surface area contributed by atoms with Crippen molar-refractivity contribution in [3.05, 3.63) is 35.9 Å². The molecule has 0 fully saturated rings. The summed E-state index contributed by atoms with van der Waals surface area (Å²) >= 11 is 0. The predicted molar refractivity (Wildman–Crippen MR) is 60.4 cm³/mol. The van der Waals surface area contributed by atoms with Gasteiger partial charge in [-0.2, -0.15) is 8.42 Å². The maximum Gasteiger partial charge on any atom is 2.00 e. The molecule has 0 bridgehead atoms. The Bertz CT molecular complexity index is 408. The van der Waals surface area contributed by atoms with Crippen molar-refractivity contribution in [3.8, 4) is 0 Å². The molecule has 0 aliphatic heterocycles. The van der Waals surface area contributed by atoms with Crippen LogP contribution in [0.4, 0.5) is 0 Å². The quantitative estimate of drug-likeness (QED) is 0.616. The molecule has 1 aromatic rings. The van der Waals surface area contributed by atoms with Crippen molar-refractivity contribution in [1.29, 1.82) is 0 Å². The summed E-state index contributed by atoms with van der Waals surface area (Å²) in [6.45, 7) is 1.34. The zero-order valence-corrected chi connectivity index (χ0v) is 11.4. The largest absolute Gasteiger partial charge is 2.00 e. The zero-order chi connectivity index (χ0) is 10.8. The van der Waals surface area contributed by atoms with Crippen molar-refractivity contribution in [3.63, 3.8) is 0 Å². The summed E-state index contributed by atoms with van der Waals surface area (Å²) in [4.78, 5) is 0. The van der Waals surface area contributed by atoms with Crippen LogP contribution in [0.15, 0.2) is 30.3 Å². The maximum absolute atomic E-state index is 10.6. The average molecular weight is 258 g/mol. The second kappa shape index (κ2) is 5.61. The van der Waals surface area contributed by atoms with Crippen LogP contribution in [0, 0.1) is 0 Å². The Morgan fingerprint density at radius 3 is 2.20 bits per heavy atom. The van der Waals surface area contributed by atoms with Crippen molar-refractivity contribution >= 4 is 47.9 Å². The van der Waals surface area contributed by atoms with Crippen LogP contribution >= 0.6 is 0 Å². The molecule has 1 rings (SSSR count). The first kappa shape index (κ1) is 15.3. The summed E-state index contributed by atoms with van der Waals surface area (Å²) in [5.41, 5.74) is -1.10. The van der Waals surface area contributed by atoms with Crippen LogP contribution in [0.2, 0.25) is 0 Å². The molecule has 0 saturated heterocycles. The third kappa shape index (κ3) is 5.28. The van der Waals surface area contributed by atoms with E-state index in [1.807, 2.05) is 0 Å². The van der Waals surface area contributed by atoms with E-state index in [0.717, 1.165) is 0 Å². The van der Waals surface area contributed by atoms with Crippen LogP contribution in [0.25, 0.3) is 0 Å². The molecular weight excluding hydrogens is 244 g/mol. The van der Waals surface area contributed by atoms with Gasteiger partial charge < -0.3 is 7.96 Å². The number of benzene rings is 1. The molecule has 0 aliphatic carbocycles. The third-order valence-corrected chi connectivity index (χ3v) is 2.79. The number of rotatable bonds is 3. The molecule has 0 saturated carbocycles. The molecule has 2 N–H and O–H groups in total. The SMILES string of the molecule is CC(O)(CS(=O)(=O)O)c1ccccc1.[Ca+2].[H-].[H-]. The molecule has 0 heterocycles. The summed E-state index contributed by atoms with van der Waals surface area (Å²) in [6.07, 6.45) is 0. The van der Waals surface area contributed by atoms with Crippen LogP contribution < -0.4 is 0 Å². The van der Waals surface area contributed by atoms with Crippen LogP contribution in [-0.2, 0) is 15.7 Å². The van der Waals surface area contributed by atoms with Crippen molar-refractivity contribution in [2.45, 2.75) is 12.5 Å². The number of hydrogen-bond acceptors (Lipinski definition) is 3. The molecule has 0 spiro atoms. The van der Waals surface area contributed by atoms with E-state index in [0.29, 0.717) is 5.56 Å². The minimum Gasteiger partial charge on any atom is -1.00 e. The smallest absolute Gasteiger partial charge is 1.00 e. The molecule has 1 atom stereocenters. The Balaban J connectivity index is -0.000000653. The van der Waals surface area contributed by atoms with Crippen molar-refractivity contribution in [1.82, 2.24) is 0 Å². The Labute approximate surface area is 122 Å². The van der Waals surface area contributed by atoms with Gasteiger partial charge in [0.05, 0.1) is 0 Å². The number of aliphatic hydroxyl groups is 1. The fraction of sp³-hybridized carbons (Fsp3) is 0.333. The van der Waals surface area contributed by atoms with E-state index < -0.39 is 21.5 Å². The zero-order valence-electron chi connectivity index (χ0n) is 10.4. The summed E-state index contributed by atoms with van der Waals surface area (Å²) in [5.74, 6) is -0.704. The van der Waals surface area contributed by atoms with Gasteiger partial charge in [0, 0.05) is 0 Å². The van der Waals surface area contributed by atoms with E-state index in [9.17, 15) is 13.5 Å². The second-order valence-corrected chi connectivity index (χ2v) is 4.82. The van der Waals surface area contributed by atoms with Gasteiger partial charge in [-0.15, -0.1) is 0 Å². The fourth-order valence-corrected chi connectivity index (χ4v) is 2.11. The summed E-state index contributed by atoms with van der Waals surface area (Å²) in [7, 11) is -4.18. The van der Waals surface area contributed by atoms with Crippen LogP contribution in [0.5, 0.6) is 0 Å². The van der Waals surface area contributed by atoms with Crippen molar-refractivity contribution < 1.29 is 20.9 Å². The Morgan fingerprint density at radius 2 is 1.80 bits per heavy atom. The van der Waals surface area contributed by atoms with E-state index in [-0.39, 0.29) is 40.6 Å². The van der Waals surface area contributed by atoms with Gasteiger partial charge in [-0.3, -0.25) is 4.55 Å². The molecule has 0 amide bonds. The van der Waals surface area contributed by atoms with Crippen LogP contribution in [0.3, 0.4) is 0 Å². The van der Waals surface area contributed by atoms with Gasteiger partial charge in [-0.05, 0) is 12.5 Å². The minimum absolute atomic E-state index is 0. The fourth-order valence-electron chi connectivity index (χ4n) is 1.24. The van der Waals surface area contributed by atoms with Gasteiger partial charge in [0.2, 0.25) is 0 Å². The molecular formula is C9H14CaO4S. The van der Waals surface area contributed by atoms with Gasteiger partial charge in [0.15, 0.2) is 0 Å². The second-order valence-electron chi connectivity index (χ2n) is 3.37. The van der Waals surface area contributed by atoms with E-state index >= 15 is 0 Å². The average Bonchev–Trinajstić information content (AvgIpc) is 2.01. The monoisotopic (exact) mass is 258 g/mol. The molecule has 0 aromatic heterocycles. The van der Waals surface area contributed by atoms with Crippen LogP contribution in [-0.4, -0.2) is 61.6 Å². The van der Waals surface area contributed by atoms with E-state index in [1.165, 1.54) is 6.92 Å². The Kier molecular flexibility index (Phi) is 5.74. The summed E-state index contributed by atoms with van der Waals surface area (Å²) < 4.78 is 29.9. The van der Waals surface area contributed by atoms with Gasteiger partial charge in [0.1, 0.15) is 11.4 Å². The molecule has 6 heteroatoms. The van der Waals surface area contributed by atoms with E-state index in [4.69, 9.17) is 4.55 Å². The van der Waals surface area contributed by atoms with E-state index in [2.05, 4.69) is 0 Å². The third-order valence-electron chi connectivity index (χ3n) is 1.86. The topological polar surface area (TPSA) is 74.6 Å². The van der Waals surface area contributed by atoms with Gasteiger partial charge in [0.25, 0.3) is 10.1 Å². The Morgan fingerprint density at radius 1 is 1.33 bits per heavy atom. The number of hydrogen-bond donors (Lipinski definition) is 2. The van der Waals surface area contributed by atoms with Gasteiger partial charge >= 0.3 is 37.7 Å². The van der Waals surface area contributed by atoms with Crippen molar-refractivity contribution in [2.24, 2.45) is 0 Å². The normalized spacial score (nSPS) is 15.1. The molecule has 1 unspecified atom stereocenters. The van der Waals surface area contributed by atoms with Crippen molar-refractivity contribution in [2.75, 3.05) is 5.75 Å². The molecule has 4 nitrogen and oxygen atoms in total. The molecule has 15 heavy (non-hydrogen) atoms. The molecule has 82 valence electrons. The van der Waals surface area contributed by atoms with Gasteiger partial charge in [-0.25, -0.2) is 0 Å². The summed E-state index contributed by atoms with van der Waals surface area (Å²) in [5, 5.41) is 9.78. The Hall–Kier alpha value is 0.350. The standard InChI is InChI=1S/C9H12O4S.Ca.2H/c1-9(10,7-14(11,12)13)8-5-3-2-4-6-8;;;/h2-6,10H,7H2,1H3,(H,11,12,13);;;/q;+2;2*-1. The first-order valence-corrected chi connectivity index (χ1v) is 5.65. The van der Waals surface area contributed by atoms with E-state index in [1.54, 1.807) is 30.3 Å². The molecule has 1 aromatic carbocycles. The first-order chi connectivity index (χ1) is 6.31. The first-order valence-electron chi connectivity index (χ1n) is 4.04. The molecule has 0 aliphatic rings. The molecule has 0 radical (unpaired) electrons. The minimum atomic E-state index is -4.18. The summed E-state index contributed by atoms with van der Waals surface area (Å²) in [6, 6.07) is 8.34. The van der Waals surface area contributed by atoms with Gasteiger partial charge in [-0.1, -0.05) is 30.3 Å². The maximum atomic E-state index is 10.6. The predicted octanol–water partition coefficient (Wildman–Crippen LogP) is 0.626.